The predicted molar refractivity (Wildman–Crippen MR) is 71.2 cm³/mol. The quantitative estimate of drug-likeness (QED) is 0.812. The maximum atomic E-state index is 11.9. The summed E-state index contributed by atoms with van der Waals surface area (Å²) in [6, 6.07) is 7.50. The second kappa shape index (κ2) is 7.41. The first-order valence-corrected chi connectivity index (χ1v) is 6.20. The Labute approximate surface area is 112 Å². The fraction of sp³-hybridized carbons (Fsp3) is 0.429. The smallest absolute Gasteiger partial charge is 0.323 e. The van der Waals surface area contributed by atoms with Crippen molar-refractivity contribution in [2.45, 2.75) is 19.8 Å². The number of aliphatic carboxylic acids is 1. The summed E-state index contributed by atoms with van der Waals surface area (Å²) in [7, 11) is 1.59. The van der Waals surface area contributed by atoms with E-state index in [0.29, 0.717) is 13.0 Å². The highest BCUT2D eigenvalue weighted by molar-refractivity contribution is 5.81. The van der Waals surface area contributed by atoms with Crippen molar-refractivity contribution in [3.63, 3.8) is 0 Å². The summed E-state index contributed by atoms with van der Waals surface area (Å²) in [4.78, 5) is 23.9. The molecule has 0 atom stereocenters. The molecule has 0 spiro atoms. The van der Waals surface area contributed by atoms with E-state index in [-0.39, 0.29) is 18.9 Å². The van der Waals surface area contributed by atoms with E-state index in [1.165, 1.54) is 4.90 Å². The molecule has 0 aliphatic carbocycles. The van der Waals surface area contributed by atoms with Crippen molar-refractivity contribution in [1.29, 1.82) is 0 Å². The normalized spacial score (nSPS) is 10.0. The monoisotopic (exact) mass is 265 g/mol. The third kappa shape index (κ3) is 4.62. The molecule has 1 rings (SSSR count). The average molecular weight is 265 g/mol. The minimum atomic E-state index is -0.993. The third-order valence-electron chi connectivity index (χ3n) is 2.86. The molecular formula is C14H19NO4. The molecule has 104 valence electrons. The SMILES string of the molecule is CCN(CC(=O)O)C(=O)CCc1ccccc1OC. The van der Waals surface area contributed by atoms with Crippen LogP contribution >= 0.6 is 0 Å². The van der Waals surface area contributed by atoms with Gasteiger partial charge in [0.1, 0.15) is 12.3 Å². The lowest BCUT2D eigenvalue weighted by atomic mass is 10.1. The van der Waals surface area contributed by atoms with Gasteiger partial charge in [0, 0.05) is 13.0 Å². The Morgan fingerprint density at radius 1 is 1.32 bits per heavy atom. The number of amides is 1. The topological polar surface area (TPSA) is 66.8 Å². The summed E-state index contributed by atoms with van der Waals surface area (Å²) in [5.41, 5.74) is 0.949. The molecular weight excluding hydrogens is 246 g/mol. The van der Waals surface area contributed by atoms with E-state index in [4.69, 9.17) is 9.84 Å². The fourth-order valence-electron chi connectivity index (χ4n) is 1.85. The van der Waals surface area contributed by atoms with E-state index < -0.39 is 5.97 Å². The number of hydrogen-bond donors (Lipinski definition) is 1. The molecule has 0 heterocycles. The van der Waals surface area contributed by atoms with Crippen molar-refractivity contribution in [2.75, 3.05) is 20.2 Å². The van der Waals surface area contributed by atoms with E-state index in [0.717, 1.165) is 11.3 Å². The summed E-state index contributed by atoms with van der Waals surface area (Å²) in [5.74, 6) is -0.403. The highest BCUT2D eigenvalue weighted by atomic mass is 16.5. The molecule has 1 aromatic carbocycles. The molecule has 0 unspecified atom stereocenters. The van der Waals surface area contributed by atoms with Gasteiger partial charge in [0.05, 0.1) is 7.11 Å². The van der Waals surface area contributed by atoms with Gasteiger partial charge in [0.2, 0.25) is 5.91 Å². The Bertz CT molecular complexity index is 445. The zero-order valence-electron chi connectivity index (χ0n) is 11.3. The van der Waals surface area contributed by atoms with Gasteiger partial charge in [-0.1, -0.05) is 18.2 Å². The van der Waals surface area contributed by atoms with Crippen molar-refractivity contribution in [3.8, 4) is 5.75 Å². The molecule has 0 saturated carbocycles. The van der Waals surface area contributed by atoms with Gasteiger partial charge in [-0.3, -0.25) is 9.59 Å². The Kier molecular flexibility index (Phi) is 5.85. The van der Waals surface area contributed by atoms with Crippen LogP contribution in [0.4, 0.5) is 0 Å². The van der Waals surface area contributed by atoms with Gasteiger partial charge in [-0.25, -0.2) is 0 Å². The first-order valence-electron chi connectivity index (χ1n) is 6.20. The number of likely N-dealkylation sites (N-methyl/N-ethyl adjacent to an activating group) is 1. The number of rotatable bonds is 7. The lowest BCUT2D eigenvalue weighted by molar-refractivity contribution is -0.144. The number of carboxylic acids is 1. The number of methoxy groups -OCH3 is 1. The number of carbonyl (C=O) groups excluding carboxylic acids is 1. The largest absolute Gasteiger partial charge is 0.496 e. The van der Waals surface area contributed by atoms with Crippen LogP contribution in [0, 0.1) is 0 Å². The molecule has 0 fully saturated rings. The van der Waals surface area contributed by atoms with Crippen LogP contribution in [-0.4, -0.2) is 42.1 Å². The van der Waals surface area contributed by atoms with Crippen LogP contribution in [0.25, 0.3) is 0 Å². The van der Waals surface area contributed by atoms with E-state index in [1.807, 2.05) is 24.3 Å². The van der Waals surface area contributed by atoms with Crippen LogP contribution in [0.5, 0.6) is 5.75 Å². The van der Waals surface area contributed by atoms with Crippen molar-refractivity contribution in [3.05, 3.63) is 29.8 Å². The molecule has 19 heavy (non-hydrogen) atoms. The molecule has 0 aromatic heterocycles. The second-order valence-electron chi connectivity index (χ2n) is 4.11. The van der Waals surface area contributed by atoms with E-state index in [9.17, 15) is 9.59 Å². The highest BCUT2D eigenvalue weighted by Gasteiger charge is 2.15. The van der Waals surface area contributed by atoms with E-state index >= 15 is 0 Å². The number of para-hydroxylation sites is 1. The Morgan fingerprint density at radius 3 is 2.58 bits per heavy atom. The Hall–Kier alpha value is -2.04. The fourth-order valence-corrected chi connectivity index (χ4v) is 1.85. The summed E-state index contributed by atoms with van der Waals surface area (Å²) in [5, 5.41) is 8.72. The number of carbonyl (C=O) groups is 2. The zero-order valence-corrected chi connectivity index (χ0v) is 11.3. The molecule has 1 amide bonds. The van der Waals surface area contributed by atoms with Crippen LogP contribution in [0.3, 0.4) is 0 Å². The van der Waals surface area contributed by atoms with Crippen LogP contribution < -0.4 is 4.74 Å². The van der Waals surface area contributed by atoms with Gasteiger partial charge >= 0.3 is 5.97 Å². The number of hydrogen-bond acceptors (Lipinski definition) is 3. The summed E-state index contributed by atoms with van der Waals surface area (Å²) < 4.78 is 5.21. The van der Waals surface area contributed by atoms with Gasteiger partial charge in [-0.05, 0) is 25.0 Å². The molecule has 1 N–H and O–H groups in total. The highest BCUT2D eigenvalue weighted by Crippen LogP contribution is 2.19. The molecule has 0 aliphatic heterocycles. The first-order chi connectivity index (χ1) is 9.08. The first kappa shape index (κ1) is 15.0. The van der Waals surface area contributed by atoms with Crippen LogP contribution in [0.2, 0.25) is 0 Å². The lowest BCUT2D eigenvalue weighted by Crippen LogP contribution is -2.35. The molecule has 0 aliphatic rings. The number of nitrogens with zero attached hydrogens (tertiary/aromatic N) is 1. The average Bonchev–Trinajstić information content (AvgIpc) is 2.42. The number of benzene rings is 1. The third-order valence-corrected chi connectivity index (χ3v) is 2.86. The van der Waals surface area contributed by atoms with Crippen LogP contribution in [0.15, 0.2) is 24.3 Å². The van der Waals surface area contributed by atoms with E-state index in [2.05, 4.69) is 0 Å². The molecule has 0 bridgehead atoms. The van der Waals surface area contributed by atoms with Gasteiger partial charge in [0.15, 0.2) is 0 Å². The minimum Gasteiger partial charge on any atom is -0.496 e. The van der Waals surface area contributed by atoms with Gasteiger partial charge < -0.3 is 14.7 Å². The number of carboxylic acid groups (broad SMARTS) is 1. The molecule has 5 nitrogen and oxygen atoms in total. The molecule has 5 heteroatoms. The van der Waals surface area contributed by atoms with Gasteiger partial charge in [0.25, 0.3) is 0 Å². The standard InChI is InChI=1S/C14H19NO4/c1-3-15(10-14(17)18)13(16)9-8-11-6-4-5-7-12(11)19-2/h4-7H,3,8-10H2,1-2H3,(H,17,18). The maximum absolute atomic E-state index is 11.9. The Balaban J connectivity index is 2.60. The summed E-state index contributed by atoms with van der Waals surface area (Å²) in [6.45, 7) is 1.92. The summed E-state index contributed by atoms with van der Waals surface area (Å²) >= 11 is 0. The van der Waals surface area contributed by atoms with Crippen molar-refractivity contribution < 1.29 is 19.4 Å². The van der Waals surface area contributed by atoms with Crippen LogP contribution in [0.1, 0.15) is 18.9 Å². The minimum absolute atomic E-state index is 0.157. The van der Waals surface area contributed by atoms with Crippen molar-refractivity contribution in [2.24, 2.45) is 0 Å². The van der Waals surface area contributed by atoms with Gasteiger partial charge in [-0.2, -0.15) is 0 Å². The number of aryl methyl sites for hydroxylation is 1. The molecule has 1 aromatic rings. The number of ether oxygens (including phenoxy) is 1. The predicted octanol–water partition coefficient (Wildman–Crippen LogP) is 1.56. The summed E-state index contributed by atoms with van der Waals surface area (Å²) in [6.07, 6.45) is 0.820. The van der Waals surface area contributed by atoms with Crippen molar-refractivity contribution in [1.82, 2.24) is 4.90 Å². The second-order valence-corrected chi connectivity index (χ2v) is 4.11. The maximum Gasteiger partial charge on any atom is 0.323 e. The molecule has 0 saturated heterocycles. The van der Waals surface area contributed by atoms with Gasteiger partial charge in [-0.15, -0.1) is 0 Å². The Morgan fingerprint density at radius 2 is 2.00 bits per heavy atom. The molecule has 0 radical (unpaired) electrons. The van der Waals surface area contributed by atoms with Crippen LogP contribution in [-0.2, 0) is 16.0 Å². The van der Waals surface area contributed by atoms with Crippen molar-refractivity contribution >= 4 is 11.9 Å². The lowest BCUT2D eigenvalue weighted by Gasteiger charge is -2.18. The van der Waals surface area contributed by atoms with E-state index in [1.54, 1.807) is 14.0 Å². The zero-order chi connectivity index (χ0) is 14.3.